The second-order valence-corrected chi connectivity index (χ2v) is 8.28. The topological polar surface area (TPSA) is 104 Å². The van der Waals surface area contributed by atoms with Crippen LogP contribution in [-0.4, -0.2) is 26.8 Å². The van der Waals surface area contributed by atoms with E-state index in [2.05, 4.69) is 21.3 Å². The lowest BCUT2D eigenvalue weighted by Gasteiger charge is -2.10. The molecule has 7 nitrogen and oxygen atoms in total. The van der Waals surface area contributed by atoms with Gasteiger partial charge in [-0.1, -0.05) is 12.0 Å². The summed E-state index contributed by atoms with van der Waals surface area (Å²) in [6, 6.07) is 16.7. The van der Waals surface area contributed by atoms with E-state index in [0.717, 1.165) is 24.3 Å². The van der Waals surface area contributed by atoms with E-state index in [4.69, 9.17) is 6.42 Å². The molecule has 0 saturated heterocycles. The maximum atomic E-state index is 13.0. The Labute approximate surface area is 184 Å². The highest BCUT2D eigenvalue weighted by molar-refractivity contribution is 7.92. The SMILES string of the molecule is C#Cc1cccc(NC(=O)CNC(=O)c2ccc(NS(=O)(=O)c3ccc(F)cc3)cc2)c1. The smallest absolute Gasteiger partial charge is 0.261 e. The van der Waals surface area contributed by atoms with Crippen molar-refractivity contribution in [1.29, 1.82) is 0 Å². The van der Waals surface area contributed by atoms with Gasteiger partial charge >= 0.3 is 0 Å². The van der Waals surface area contributed by atoms with Crippen molar-refractivity contribution in [2.75, 3.05) is 16.6 Å². The van der Waals surface area contributed by atoms with Crippen molar-refractivity contribution in [3.63, 3.8) is 0 Å². The first-order chi connectivity index (χ1) is 15.3. The molecule has 0 fully saturated rings. The van der Waals surface area contributed by atoms with Gasteiger partial charge in [-0.05, 0) is 66.7 Å². The molecule has 32 heavy (non-hydrogen) atoms. The second-order valence-electron chi connectivity index (χ2n) is 6.59. The van der Waals surface area contributed by atoms with E-state index in [1.54, 1.807) is 24.3 Å². The average Bonchev–Trinajstić information content (AvgIpc) is 2.78. The predicted octanol–water partition coefficient (Wildman–Crippen LogP) is 2.98. The Kier molecular flexibility index (Phi) is 6.87. The summed E-state index contributed by atoms with van der Waals surface area (Å²) in [5.74, 6) is 0.973. The predicted molar refractivity (Wildman–Crippen MR) is 119 cm³/mol. The van der Waals surface area contributed by atoms with Crippen LogP contribution in [0.25, 0.3) is 0 Å². The number of sulfonamides is 1. The summed E-state index contributed by atoms with van der Waals surface area (Å²) in [7, 11) is -3.90. The van der Waals surface area contributed by atoms with Gasteiger partial charge in [0.05, 0.1) is 11.4 Å². The molecule has 0 radical (unpaired) electrons. The highest BCUT2D eigenvalue weighted by atomic mass is 32.2. The van der Waals surface area contributed by atoms with E-state index in [1.807, 2.05) is 0 Å². The monoisotopic (exact) mass is 451 g/mol. The molecule has 2 amide bonds. The van der Waals surface area contributed by atoms with E-state index >= 15 is 0 Å². The van der Waals surface area contributed by atoms with Gasteiger partial charge in [0.25, 0.3) is 15.9 Å². The Hall–Kier alpha value is -4.16. The minimum absolute atomic E-state index is 0.0977. The zero-order valence-electron chi connectivity index (χ0n) is 16.6. The number of carbonyl (C=O) groups is 2. The van der Waals surface area contributed by atoms with Gasteiger partial charge in [0.15, 0.2) is 0 Å². The molecular weight excluding hydrogens is 433 g/mol. The summed E-state index contributed by atoms with van der Waals surface area (Å²) in [5.41, 5.74) is 1.58. The zero-order chi connectivity index (χ0) is 23.1. The minimum Gasteiger partial charge on any atom is -0.343 e. The highest BCUT2D eigenvalue weighted by Gasteiger charge is 2.15. The molecule has 0 atom stereocenters. The van der Waals surface area contributed by atoms with Crippen LogP contribution in [0.5, 0.6) is 0 Å². The molecule has 0 aliphatic carbocycles. The van der Waals surface area contributed by atoms with Crippen molar-refractivity contribution in [3.8, 4) is 12.3 Å². The van der Waals surface area contributed by atoms with Gasteiger partial charge in [0, 0.05) is 22.5 Å². The van der Waals surface area contributed by atoms with Crippen LogP contribution in [-0.2, 0) is 14.8 Å². The molecule has 162 valence electrons. The number of carbonyl (C=O) groups excluding carboxylic acids is 2. The minimum atomic E-state index is -3.90. The molecule has 9 heteroatoms. The van der Waals surface area contributed by atoms with Crippen LogP contribution in [0.3, 0.4) is 0 Å². The summed E-state index contributed by atoms with van der Waals surface area (Å²) in [4.78, 5) is 24.2. The maximum absolute atomic E-state index is 13.0. The number of rotatable bonds is 7. The molecule has 3 aromatic carbocycles. The normalized spacial score (nSPS) is 10.6. The number of hydrogen-bond acceptors (Lipinski definition) is 4. The first-order valence-corrected chi connectivity index (χ1v) is 10.8. The Morgan fingerprint density at radius 3 is 2.28 bits per heavy atom. The number of amides is 2. The van der Waals surface area contributed by atoms with Gasteiger partial charge in [-0.3, -0.25) is 14.3 Å². The van der Waals surface area contributed by atoms with Gasteiger partial charge in [-0.15, -0.1) is 6.42 Å². The molecule has 0 saturated carbocycles. The number of halogens is 1. The van der Waals surface area contributed by atoms with Crippen LogP contribution in [0.15, 0.2) is 77.7 Å². The summed E-state index contributed by atoms with van der Waals surface area (Å²) in [6.07, 6.45) is 5.32. The van der Waals surface area contributed by atoms with E-state index in [-0.39, 0.29) is 22.7 Å². The maximum Gasteiger partial charge on any atom is 0.261 e. The lowest BCUT2D eigenvalue weighted by Crippen LogP contribution is -2.32. The fraction of sp³-hybridized carbons (Fsp3) is 0.0435. The van der Waals surface area contributed by atoms with Crippen molar-refractivity contribution in [2.45, 2.75) is 4.90 Å². The Bertz CT molecular complexity index is 1280. The lowest BCUT2D eigenvalue weighted by molar-refractivity contribution is -0.115. The fourth-order valence-corrected chi connectivity index (χ4v) is 3.73. The van der Waals surface area contributed by atoms with E-state index in [0.29, 0.717) is 11.3 Å². The third-order valence-electron chi connectivity index (χ3n) is 4.25. The zero-order valence-corrected chi connectivity index (χ0v) is 17.4. The van der Waals surface area contributed by atoms with Crippen LogP contribution in [0, 0.1) is 18.2 Å². The summed E-state index contributed by atoms with van der Waals surface area (Å²) in [5, 5.41) is 5.11. The molecule has 0 heterocycles. The van der Waals surface area contributed by atoms with Gasteiger partial charge in [0.1, 0.15) is 5.82 Å². The molecule has 3 aromatic rings. The van der Waals surface area contributed by atoms with Crippen LogP contribution < -0.4 is 15.4 Å². The quantitative estimate of drug-likeness (QED) is 0.481. The number of nitrogens with one attached hydrogen (secondary N) is 3. The van der Waals surface area contributed by atoms with Crippen LogP contribution in [0.4, 0.5) is 15.8 Å². The number of benzene rings is 3. The van der Waals surface area contributed by atoms with Crippen molar-refractivity contribution >= 4 is 33.2 Å². The average molecular weight is 451 g/mol. The Morgan fingerprint density at radius 1 is 0.938 bits per heavy atom. The molecule has 0 bridgehead atoms. The fourth-order valence-electron chi connectivity index (χ4n) is 2.67. The van der Waals surface area contributed by atoms with E-state index in [1.165, 1.54) is 24.3 Å². The molecule has 3 rings (SSSR count). The first-order valence-electron chi connectivity index (χ1n) is 9.30. The van der Waals surface area contributed by atoms with Crippen molar-refractivity contribution in [2.24, 2.45) is 0 Å². The highest BCUT2D eigenvalue weighted by Crippen LogP contribution is 2.17. The lowest BCUT2D eigenvalue weighted by atomic mass is 10.2. The number of terminal acetylenes is 1. The van der Waals surface area contributed by atoms with Gasteiger partial charge in [0.2, 0.25) is 5.91 Å². The first kappa shape index (κ1) is 22.5. The van der Waals surface area contributed by atoms with Crippen LogP contribution in [0.2, 0.25) is 0 Å². The third-order valence-corrected chi connectivity index (χ3v) is 5.64. The van der Waals surface area contributed by atoms with E-state index in [9.17, 15) is 22.4 Å². The molecule has 0 aliphatic heterocycles. The Morgan fingerprint density at radius 2 is 1.62 bits per heavy atom. The van der Waals surface area contributed by atoms with Crippen molar-refractivity contribution in [3.05, 3.63) is 89.7 Å². The molecule has 0 aliphatic rings. The standard InChI is InChI=1S/C23H18FN3O4S/c1-2-16-4-3-5-20(14-16)26-22(28)15-25-23(29)17-6-10-19(11-7-17)27-32(30,31)21-12-8-18(24)9-13-21/h1,3-14,27H,15H2,(H,25,29)(H,26,28). The van der Waals surface area contributed by atoms with Gasteiger partial charge in [-0.25, -0.2) is 12.8 Å². The van der Waals surface area contributed by atoms with Gasteiger partial charge in [-0.2, -0.15) is 0 Å². The largest absolute Gasteiger partial charge is 0.343 e. The van der Waals surface area contributed by atoms with Crippen molar-refractivity contribution in [1.82, 2.24) is 5.32 Å². The molecule has 0 aromatic heterocycles. The Balaban J connectivity index is 1.56. The summed E-state index contributed by atoms with van der Waals surface area (Å²) < 4.78 is 40.0. The second kappa shape index (κ2) is 9.76. The number of anilines is 2. The molecular formula is C23H18FN3O4S. The van der Waals surface area contributed by atoms with E-state index < -0.39 is 27.7 Å². The third kappa shape index (κ3) is 5.93. The summed E-state index contributed by atoms with van der Waals surface area (Å²) in [6.45, 7) is -0.266. The van der Waals surface area contributed by atoms with Crippen molar-refractivity contribution < 1.29 is 22.4 Å². The molecule has 0 unspecified atom stereocenters. The van der Waals surface area contributed by atoms with Crippen LogP contribution in [0.1, 0.15) is 15.9 Å². The van der Waals surface area contributed by atoms with Crippen LogP contribution >= 0.6 is 0 Å². The number of hydrogen-bond donors (Lipinski definition) is 3. The summed E-state index contributed by atoms with van der Waals surface area (Å²) >= 11 is 0. The van der Waals surface area contributed by atoms with Gasteiger partial charge < -0.3 is 10.6 Å². The molecule has 0 spiro atoms. The molecule has 3 N–H and O–H groups in total.